The van der Waals surface area contributed by atoms with E-state index >= 15 is 0 Å². The van der Waals surface area contributed by atoms with E-state index in [1.54, 1.807) is 12.5 Å². The molecule has 124 valence electrons. The van der Waals surface area contributed by atoms with Crippen LogP contribution >= 0.6 is 0 Å². The first-order chi connectivity index (χ1) is 10.6. The van der Waals surface area contributed by atoms with Crippen LogP contribution in [-0.4, -0.2) is 48.1 Å². The molecule has 1 unspecified atom stereocenters. The highest BCUT2D eigenvalue weighted by Gasteiger charge is 2.22. The van der Waals surface area contributed by atoms with Gasteiger partial charge in [0.25, 0.3) is 0 Å². The van der Waals surface area contributed by atoms with Crippen molar-refractivity contribution in [2.75, 3.05) is 26.2 Å². The molecule has 0 radical (unpaired) electrons. The quantitative estimate of drug-likeness (QED) is 0.879. The smallest absolute Gasteiger partial charge is 0.317 e. The van der Waals surface area contributed by atoms with Crippen LogP contribution in [0.1, 0.15) is 39.2 Å². The first-order valence-corrected chi connectivity index (χ1v) is 8.38. The summed E-state index contributed by atoms with van der Waals surface area (Å²) in [6.45, 7) is 10.8. The molecule has 2 heterocycles. The molecule has 1 saturated heterocycles. The highest BCUT2D eigenvalue weighted by atomic mass is 16.3. The molecule has 1 aliphatic rings. The number of hydrogen-bond acceptors (Lipinski definition) is 3. The van der Waals surface area contributed by atoms with Crippen LogP contribution in [0, 0.1) is 5.92 Å². The van der Waals surface area contributed by atoms with E-state index in [1.165, 1.54) is 19.4 Å². The lowest BCUT2D eigenvalue weighted by molar-refractivity contribution is 0.136. The third-order valence-corrected chi connectivity index (χ3v) is 4.45. The Kier molecular flexibility index (Phi) is 6.31. The predicted octanol–water partition coefficient (Wildman–Crippen LogP) is 2.93. The summed E-state index contributed by atoms with van der Waals surface area (Å²) in [6, 6.07) is 2.51. The van der Waals surface area contributed by atoms with Gasteiger partial charge < -0.3 is 19.5 Å². The van der Waals surface area contributed by atoms with Gasteiger partial charge in [-0.15, -0.1) is 0 Å². The zero-order valence-electron chi connectivity index (χ0n) is 14.0. The number of nitrogens with zero attached hydrogens (tertiary/aromatic N) is 2. The fourth-order valence-corrected chi connectivity index (χ4v) is 3.01. The Morgan fingerprint density at radius 2 is 2.36 bits per heavy atom. The van der Waals surface area contributed by atoms with Gasteiger partial charge in [0.05, 0.1) is 19.1 Å². The van der Waals surface area contributed by atoms with E-state index in [4.69, 9.17) is 4.42 Å². The van der Waals surface area contributed by atoms with E-state index in [9.17, 15) is 4.79 Å². The van der Waals surface area contributed by atoms with E-state index in [2.05, 4.69) is 24.1 Å². The maximum atomic E-state index is 12.3. The lowest BCUT2D eigenvalue weighted by Crippen LogP contribution is -2.46. The summed E-state index contributed by atoms with van der Waals surface area (Å²) in [6.07, 6.45) is 5.77. The fraction of sp³-hybridized carbons (Fsp3) is 0.706. The molecule has 5 nitrogen and oxygen atoms in total. The maximum Gasteiger partial charge on any atom is 0.317 e. The van der Waals surface area contributed by atoms with E-state index < -0.39 is 0 Å². The lowest BCUT2D eigenvalue weighted by atomic mass is 9.97. The number of furan rings is 1. The van der Waals surface area contributed by atoms with Gasteiger partial charge in [-0.2, -0.15) is 0 Å². The first-order valence-electron chi connectivity index (χ1n) is 8.38. The van der Waals surface area contributed by atoms with E-state index in [0.717, 1.165) is 18.7 Å². The summed E-state index contributed by atoms with van der Waals surface area (Å²) in [5.74, 6) is 0.563. The number of likely N-dealkylation sites (tertiary alicyclic amines) is 1. The Labute approximate surface area is 133 Å². The zero-order valence-corrected chi connectivity index (χ0v) is 14.0. The predicted molar refractivity (Wildman–Crippen MR) is 87.6 cm³/mol. The maximum absolute atomic E-state index is 12.3. The summed E-state index contributed by atoms with van der Waals surface area (Å²) in [5.41, 5.74) is 1.03. The van der Waals surface area contributed by atoms with Crippen LogP contribution in [0.3, 0.4) is 0 Å². The van der Waals surface area contributed by atoms with Gasteiger partial charge >= 0.3 is 6.03 Å². The Bertz CT molecular complexity index is 445. The van der Waals surface area contributed by atoms with Crippen molar-refractivity contribution in [3.63, 3.8) is 0 Å². The molecule has 2 amide bonds. The van der Waals surface area contributed by atoms with Crippen LogP contribution in [-0.2, 0) is 6.54 Å². The van der Waals surface area contributed by atoms with Crippen LogP contribution in [0.15, 0.2) is 23.0 Å². The number of urea groups is 1. The van der Waals surface area contributed by atoms with Crippen molar-refractivity contribution in [2.24, 2.45) is 5.92 Å². The van der Waals surface area contributed by atoms with Crippen LogP contribution < -0.4 is 5.32 Å². The topological polar surface area (TPSA) is 48.7 Å². The molecule has 0 bridgehead atoms. The molecule has 1 fully saturated rings. The molecular formula is C17H29N3O2. The molecule has 2 rings (SSSR count). The Morgan fingerprint density at radius 1 is 1.55 bits per heavy atom. The van der Waals surface area contributed by atoms with Crippen molar-refractivity contribution in [3.8, 4) is 0 Å². The molecule has 1 N–H and O–H groups in total. The first kappa shape index (κ1) is 16.9. The molecule has 22 heavy (non-hydrogen) atoms. The van der Waals surface area contributed by atoms with Gasteiger partial charge in [-0.05, 0) is 52.1 Å². The molecule has 0 aromatic carbocycles. The minimum atomic E-state index is 0.0189. The Morgan fingerprint density at radius 3 is 3.00 bits per heavy atom. The molecule has 1 atom stereocenters. The van der Waals surface area contributed by atoms with Crippen molar-refractivity contribution in [1.29, 1.82) is 0 Å². The number of amides is 2. The van der Waals surface area contributed by atoms with Gasteiger partial charge in [-0.1, -0.05) is 0 Å². The monoisotopic (exact) mass is 307 g/mol. The van der Waals surface area contributed by atoms with Gasteiger partial charge in [0.1, 0.15) is 0 Å². The second-order valence-corrected chi connectivity index (χ2v) is 6.43. The van der Waals surface area contributed by atoms with E-state index in [0.29, 0.717) is 25.0 Å². The molecule has 1 aromatic rings. The largest absolute Gasteiger partial charge is 0.472 e. The molecule has 0 aliphatic carbocycles. The van der Waals surface area contributed by atoms with Crippen LogP contribution in [0.25, 0.3) is 0 Å². The summed E-state index contributed by atoms with van der Waals surface area (Å²) >= 11 is 0. The van der Waals surface area contributed by atoms with Gasteiger partial charge in [-0.25, -0.2) is 4.79 Å². The second-order valence-electron chi connectivity index (χ2n) is 6.43. The molecule has 5 heteroatoms. The number of hydrogen-bond donors (Lipinski definition) is 1. The van der Waals surface area contributed by atoms with Gasteiger partial charge in [0, 0.05) is 31.2 Å². The zero-order chi connectivity index (χ0) is 15.9. The summed E-state index contributed by atoms with van der Waals surface area (Å²) in [7, 11) is 0. The van der Waals surface area contributed by atoms with Gasteiger partial charge in [-0.3, -0.25) is 0 Å². The highest BCUT2D eigenvalue weighted by molar-refractivity contribution is 5.74. The minimum absolute atomic E-state index is 0.0189. The number of carbonyl (C=O) groups is 1. The van der Waals surface area contributed by atoms with Crippen molar-refractivity contribution in [3.05, 3.63) is 24.2 Å². The van der Waals surface area contributed by atoms with Crippen molar-refractivity contribution in [2.45, 2.75) is 46.2 Å². The summed E-state index contributed by atoms with van der Waals surface area (Å²) in [4.78, 5) is 16.6. The average Bonchev–Trinajstić information content (AvgIpc) is 3.03. The van der Waals surface area contributed by atoms with Crippen LogP contribution in [0.2, 0.25) is 0 Å². The average molecular weight is 307 g/mol. The minimum Gasteiger partial charge on any atom is -0.472 e. The number of carbonyl (C=O) groups excluding carboxylic acids is 1. The third kappa shape index (κ3) is 4.77. The summed E-state index contributed by atoms with van der Waals surface area (Å²) in [5, 5.41) is 3.11. The molecule has 1 aliphatic heterocycles. The van der Waals surface area contributed by atoms with Crippen LogP contribution in [0.4, 0.5) is 4.79 Å². The Hall–Kier alpha value is -1.49. The van der Waals surface area contributed by atoms with E-state index in [-0.39, 0.29) is 6.03 Å². The molecular weight excluding hydrogens is 278 g/mol. The number of nitrogens with one attached hydrogen (secondary N) is 1. The molecule has 0 spiro atoms. The normalized spacial score (nSPS) is 19.4. The van der Waals surface area contributed by atoms with Crippen molar-refractivity contribution < 1.29 is 9.21 Å². The standard InChI is InChI=1S/C17H29N3O2/c1-4-19(12-16-7-9-22-13-16)17(21)18-10-15-6-5-8-20(11-15)14(2)3/h7,9,13-15H,4-6,8,10-12H2,1-3H3,(H,18,21). The van der Waals surface area contributed by atoms with E-state index in [1.807, 2.05) is 17.9 Å². The number of piperidine rings is 1. The number of rotatable bonds is 6. The Balaban J connectivity index is 1.78. The van der Waals surface area contributed by atoms with Crippen molar-refractivity contribution >= 4 is 6.03 Å². The lowest BCUT2D eigenvalue weighted by Gasteiger charge is -2.35. The molecule has 0 saturated carbocycles. The van der Waals surface area contributed by atoms with Gasteiger partial charge in [0.15, 0.2) is 0 Å². The SMILES string of the molecule is CCN(Cc1ccoc1)C(=O)NCC1CCCN(C(C)C)C1. The highest BCUT2D eigenvalue weighted by Crippen LogP contribution is 2.17. The van der Waals surface area contributed by atoms with Crippen LogP contribution in [0.5, 0.6) is 0 Å². The van der Waals surface area contributed by atoms with Crippen molar-refractivity contribution in [1.82, 2.24) is 15.1 Å². The second kappa shape index (κ2) is 8.22. The third-order valence-electron chi connectivity index (χ3n) is 4.45. The van der Waals surface area contributed by atoms with Gasteiger partial charge in [0.2, 0.25) is 0 Å². The molecule has 1 aromatic heterocycles. The summed E-state index contributed by atoms with van der Waals surface area (Å²) < 4.78 is 5.07. The fourth-order valence-electron chi connectivity index (χ4n) is 3.01.